The zero-order valence-electron chi connectivity index (χ0n) is 17.1. The smallest absolute Gasteiger partial charge is 0.266 e. The standard InChI is InChI=1S/C27H19BrN2O2/c28-24-12-13-26(32-18-19-10-11-20-6-4-5-7-21(20)14-19)22(16-24)15-23(17-29)27(31)30-25-8-2-1-3-9-25/h1-16H,18H2,(H,30,31)/b23-15+. The Balaban J connectivity index is 1.56. The van der Waals surface area contributed by atoms with Crippen molar-refractivity contribution in [1.29, 1.82) is 5.26 Å². The van der Waals surface area contributed by atoms with Crippen molar-refractivity contribution in [2.24, 2.45) is 0 Å². The third-order valence-corrected chi connectivity index (χ3v) is 5.37. The number of para-hydroxylation sites is 1. The predicted octanol–water partition coefficient (Wildman–Crippen LogP) is 6.73. The van der Waals surface area contributed by atoms with Crippen molar-refractivity contribution in [3.05, 3.63) is 112 Å². The molecule has 4 rings (SSSR count). The van der Waals surface area contributed by atoms with E-state index in [-0.39, 0.29) is 5.57 Å². The third-order valence-electron chi connectivity index (χ3n) is 4.88. The van der Waals surface area contributed by atoms with Gasteiger partial charge in [-0.2, -0.15) is 5.26 Å². The monoisotopic (exact) mass is 482 g/mol. The largest absolute Gasteiger partial charge is 0.488 e. The molecule has 4 aromatic carbocycles. The molecular formula is C27H19BrN2O2. The van der Waals surface area contributed by atoms with Gasteiger partial charge in [-0.25, -0.2) is 0 Å². The van der Waals surface area contributed by atoms with Gasteiger partial charge < -0.3 is 10.1 Å². The van der Waals surface area contributed by atoms with Gasteiger partial charge in [-0.15, -0.1) is 0 Å². The molecule has 0 unspecified atom stereocenters. The fourth-order valence-electron chi connectivity index (χ4n) is 3.28. The number of nitriles is 1. The number of fused-ring (bicyclic) bond motifs is 1. The van der Waals surface area contributed by atoms with Gasteiger partial charge >= 0.3 is 0 Å². The first kappa shape index (κ1) is 21.4. The Morgan fingerprint density at radius 3 is 2.47 bits per heavy atom. The minimum absolute atomic E-state index is 0.0116. The van der Waals surface area contributed by atoms with Crippen molar-refractivity contribution >= 4 is 44.4 Å². The van der Waals surface area contributed by atoms with E-state index in [0.717, 1.165) is 15.4 Å². The van der Waals surface area contributed by atoms with E-state index >= 15 is 0 Å². The number of hydrogen-bond acceptors (Lipinski definition) is 3. The van der Waals surface area contributed by atoms with Gasteiger partial charge in [0.15, 0.2) is 0 Å². The summed E-state index contributed by atoms with van der Waals surface area (Å²) in [5.74, 6) is 0.112. The second kappa shape index (κ2) is 9.95. The number of anilines is 1. The van der Waals surface area contributed by atoms with E-state index in [0.29, 0.717) is 23.6 Å². The van der Waals surface area contributed by atoms with E-state index in [1.807, 2.05) is 60.7 Å². The highest BCUT2D eigenvalue weighted by molar-refractivity contribution is 9.10. The van der Waals surface area contributed by atoms with E-state index in [2.05, 4.69) is 45.5 Å². The average Bonchev–Trinajstić information content (AvgIpc) is 2.82. The molecule has 1 N–H and O–H groups in total. The SMILES string of the molecule is N#C/C(=C\c1cc(Br)ccc1OCc1ccc2ccccc2c1)C(=O)Nc1ccccc1. The summed E-state index contributed by atoms with van der Waals surface area (Å²) >= 11 is 3.45. The molecule has 1 amide bonds. The van der Waals surface area contributed by atoms with Crippen molar-refractivity contribution in [3.8, 4) is 11.8 Å². The molecule has 0 fully saturated rings. The van der Waals surface area contributed by atoms with Crippen molar-refractivity contribution in [2.75, 3.05) is 5.32 Å². The predicted molar refractivity (Wildman–Crippen MR) is 131 cm³/mol. The van der Waals surface area contributed by atoms with Crippen LogP contribution < -0.4 is 10.1 Å². The molecule has 0 saturated carbocycles. The summed E-state index contributed by atoms with van der Waals surface area (Å²) < 4.78 is 6.89. The lowest BCUT2D eigenvalue weighted by Crippen LogP contribution is -2.13. The Labute approximate surface area is 194 Å². The highest BCUT2D eigenvalue weighted by Gasteiger charge is 2.12. The summed E-state index contributed by atoms with van der Waals surface area (Å²) in [7, 11) is 0. The molecule has 0 aromatic heterocycles. The summed E-state index contributed by atoms with van der Waals surface area (Å²) in [5.41, 5.74) is 2.28. The molecule has 156 valence electrons. The molecular weight excluding hydrogens is 464 g/mol. The highest BCUT2D eigenvalue weighted by Crippen LogP contribution is 2.27. The molecule has 0 radical (unpaired) electrons. The Morgan fingerprint density at radius 2 is 1.69 bits per heavy atom. The van der Waals surface area contributed by atoms with Crippen LogP contribution in [0.3, 0.4) is 0 Å². The summed E-state index contributed by atoms with van der Waals surface area (Å²) in [5, 5.41) is 14.6. The van der Waals surface area contributed by atoms with Gasteiger partial charge in [0.25, 0.3) is 5.91 Å². The molecule has 0 heterocycles. The fourth-order valence-corrected chi connectivity index (χ4v) is 3.66. The third kappa shape index (κ3) is 5.23. The van der Waals surface area contributed by atoms with Gasteiger partial charge in [0, 0.05) is 15.7 Å². The highest BCUT2D eigenvalue weighted by atomic mass is 79.9. The van der Waals surface area contributed by atoms with Crippen LogP contribution in [0.2, 0.25) is 0 Å². The minimum Gasteiger partial charge on any atom is -0.488 e. The molecule has 0 saturated heterocycles. The van der Waals surface area contributed by atoms with Crippen molar-refractivity contribution in [3.63, 3.8) is 0 Å². The molecule has 0 aliphatic rings. The lowest BCUT2D eigenvalue weighted by molar-refractivity contribution is -0.112. The van der Waals surface area contributed by atoms with Crippen molar-refractivity contribution in [2.45, 2.75) is 6.61 Å². The first-order valence-corrected chi connectivity index (χ1v) is 10.8. The van der Waals surface area contributed by atoms with E-state index < -0.39 is 5.91 Å². The van der Waals surface area contributed by atoms with Gasteiger partial charge in [0.1, 0.15) is 24.0 Å². The zero-order valence-corrected chi connectivity index (χ0v) is 18.7. The van der Waals surface area contributed by atoms with Crippen LogP contribution in [0.15, 0.2) is 101 Å². The number of amides is 1. The Hall–Kier alpha value is -3.88. The van der Waals surface area contributed by atoms with Crippen molar-refractivity contribution < 1.29 is 9.53 Å². The average molecular weight is 483 g/mol. The maximum atomic E-state index is 12.6. The quantitative estimate of drug-likeness (QED) is 0.244. The number of nitrogens with one attached hydrogen (secondary N) is 1. The number of benzene rings is 4. The first-order valence-electron chi connectivity index (χ1n) is 10.0. The topological polar surface area (TPSA) is 62.1 Å². The molecule has 0 aliphatic carbocycles. The molecule has 4 aromatic rings. The molecule has 5 heteroatoms. The summed E-state index contributed by atoms with van der Waals surface area (Å²) in [4.78, 5) is 12.6. The molecule has 0 aliphatic heterocycles. The van der Waals surface area contributed by atoms with Crippen LogP contribution in [0.1, 0.15) is 11.1 Å². The number of rotatable bonds is 6. The second-order valence-electron chi connectivity index (χ2n) is 7.14. The summed E-state index contributed by atoms with van der Waals surface area (Å²) in [6, 6.07) is 30.9. The van der Waals surface area contributed by atoms with Gasteiger partial charge in [-0.1, -0.05) is 70.5 Å². The molecule has 0 spiro atoms. The Kier molecular flexibility index (Phi) is 6.64. The summed E-state index contributed by atoms with van der Waals surface area (Å²) in [6.07, 6.45) is 1.54. The number of carbonyl (C=O) groups excluding carboxylic acids is 1. The lowest BCUT2D eigenvalue weighted by Gasteiger charge is -2.11. The Bertz CT molecular complexity index is 1340. The van der Waals surface area contributed by atoms with Crippen molar-refractivity contribution in [1.82, 2.24) is 0 Å². The van der Waals surface area contributed by atoms with Crippen LogP contribution in [0.4, 0.5) is 5.69 Å². The summed E-state index contributed by atoms with van der Waals surface area (Å²) in [6.45, 7) is 0.366. The van der Waals surface area contributed by atoms with E-state index in [9.17, 15) is 10.1 Å². The van der Waals surface area contributed by atoms with Crippen LogP contribution in [0.5, 0.6) is 5.75 Å². The number of carbonyl (C=O) groups is 1. The van der Waals surface area contributed by atoms with Crippen LogP contribution in [-0.2, 0) is 11.4 Å². The maximum absolute atomic E-state index is 12.6. The van der Waals surface area contributed by atoms with Gasteiger partial charge in [0.2, 0.25) is 0 Å². The first-order chi connectivity index (χ1) is 15.6. The fraction of sp³-hybridized carbons (Fsp3) is 0.0370. The van der Waals surface area contributed by atoms with E-state index in [4.69, 9.17) is 4.74 Å². The number of hydrogen-bond donors (Lipinski definition) is 1. The lowest BCUT2D eigenvalue weighted by atomic mass is 10.1. The molecule has 32 heavy (non-hydrogen) atoms. The molecule has 0 atom stereocenters. The van der Waals surface area contributed by atoms with Crippen LogP contribution in [0, 0.1) is 11.3 Å². The van der Waals surface area contributed by atoms with Gasteiger partial charge in [-0.05, 0) is 58.8 Å². The minimum atomic E-state index is -0.473. The normalized spacial score (nSPS) is 11.1. The zero-order chi connectivity index (χ0) is 22.3. The van der Waals surface area contributed by atoms with Crippen LogP contribution in [-0.4, -0.2) is 5.91 Å². The number of halogens is 1. The second-order valence-corrected chi connectivity index (χ2v) is 8.06. The van der Waals surface area contributed by atoms with E-state index in [1.54, 1.807) is 18.2 Å². The number of ether oxygens (including phenoxy) is 1. The van der Waals surface area contributed by atoms with E-state index in [1.165, 1.54) is 5.39 Å². The van der Waals surface area contributed by atoms with Gasteiger partial charge in [-0.3, -0.25) is 4.79 Å². The Morgan fingerprint density at radius 1 is 0.938 bits per heavy atom. The maximum Gasteiger partial charge on any atom is 0.266 e. The molecule has 0 bridgehead atoms. The van der Waals surface area contributed by atoms with Gasteiger partial charge in [0.05, 0.1) is 0 Å². The van der Waals surface area contributed by atoms with Crippen LogP contribution in [0.25, 0.3) is 16.8 Å². The molecule has 4 nitrogen and oxygen atoms in total. The number of nitrogens with zero attached hydrogens (tertiary/aromatic N) is 1. The van der Waals surface area contributed by atoms with Crippen LogP contribution >= 0.6 is 15.9 Å².